The second-order valence-electron chi connectivity index (χ2n) is 3.94. The molecule has 0 saturated carbocycles. The average molecular weight is 281 g/mol. The number of hydrogen-bond donors (Lipinski definition) is 1. The van der Waals surface area contributed by atoms with Crippen LogP contribution in [0.5, 0.6) is 5.75 Å². The lowest BCUT2D eigenvalue weighted by Crippen LogP contribution is -1.92. The van der Waals surface area contributed by atoms with Gasteiger partial charge in [0.1, 0.15) is 17.4 Å². The summed E-state index contributed by atoms with van der Waals surface area (Å²) < 4.78 is 32.2. The molecule has 0 fully saturated rings. The van der Waals surface area contributed by atoms with Crippen molar-refractivity contribution >= 4 is 17.4 Å². The predicted octanol–water partition coefficient (Wildman–Crippen LogP) is 3.85. The Morgan fingerprint density at radius 3 is 2.53 bits per heavy atom. The van der Waals surface area contributed by atoms with Crippen LogP contribution in [0.25, 0.3) is 0 Å². The van der Waals surface area contributed by atoms with Gasteiger partial charge in [0.15, 0.2) is 0 Å². The number of rotatable bonds is 4. The fraction of sp³-hybridized carbons (Fsp3) is 0.143. The van der Waals surface area contributed by atoms with Gasteiger partial charge in [0.25, 0.3) is 0 Å². The van der Waals surface area contributed by atoms with Gasteiger partial charge >= 0.3 is 0 Å². The molecular weight excluding hydrogens is 268 g/mol. The summed E-state index contributed by atoms with van der Waals surface area (Å²) in [5.41, 5.74) is 6.34. The van der Waals surface area contributed by atoms with Gasteiger partial charge < -0.3 is 10.5 Å². The van der Waals surface area contributed by atoms with E-state index in [4.69, 9.17) is 10.5 Å². The number of halogens is 2. The summed E-state index contributed by atoms with van der Waals surface area (Å²) in [5.74, 6) is 0.0583. The Balaban J connectivity index is 2.10. The number of nitrogen functional groups attached to an aromatic ring is 1. The molecule has 0 spiro atoms. The topological polar surface area (TPSA) is 35.2 Å². The fourth-order valence-corrected chi connectivity index (χ4v) is 2.47. The highest BCUT2D eigenvalue weighted by atomic mass is 32.2. The maximum atomic E-state index is 13.7. The molecule has 19 heavy (non-hydrogen) atoms. The zero-order valence-electron chi connectivity index (χ0n) is 10.3. The summed E-state index contributed by atoms with van der Waals surface area (Å²) in [4.78, 5) is 0.449. The van der Waals surface area contributed by atoms with Crippen molar-refractivity contribution in [2.75, 3.05) is 12.8 Å². The van der Waals surface area contributed by atoms with Crippen molar-refractivity contribution in [1.29, 1.82) is 0 Å². The molecule has 2 aromatic carbocycles. The smallest absolute Gasteiger partial charge is 0.138 e. The first-order valence-electron chi connectivity index (χ1n) is 5.60. The molecule has 0 unspecified atom stereocenters. The van der Waals surface area contributed by atoms with E-state index in [0.717, 1.165) is 0 Å². The van der Waals surface area contributed by atoms with E-state index in [0.29, 0.717) is 27.6 Å². The second kappa shape index (κ2) is 5.93. The minimum absolute atomic E-state index is 0.344. The number of thioether (sulfide) groups is 1. The molecule has 0 aliphatic rings. The van der Waals surface area contributed by atoms with Gasteiger partial charge in [-0.15, -0.1) is 11.8 Å². The van der Waals surface area contributed by atoms with Crippen LogP contribution in [-0.4, -0.2) is 7.11 Å². The number of methoxy groups -OCH3 is 1. The summed E-state index contributed by atoms with van der Waals surface area (Å²) >= 11 is 1.23. The Labute approximate surface area is 114 Å². The van der Waals surface area contributed by atoms with E-state index in [-0.39, 0.29) is 11.6 Å². The van der Waals surface area contributed by atoms with Crippen molar-refractivity contribution in [2.24, 2.45) is 0 Å². The van der Waals surface area contributed by atoms with E-state index < -0.39 is 0 Å². The van der Waals surface area contributed by atoms with Gasteiger partial charge in [-0.25, -0.2) is 8.78 Å². The van der Waals surface area contributed by atoms with E-state index >= 15 is 0 Å². The summed E-state index contributed by atoms with van der Waals surface area (Å²) in [6.07, 6.45) is 0. The minimum Gasteiger partial charge on any atom is -0.497 e. The first-order chi connectivity index (χ1) is 9.10. The third-order valence-electron chi connectivity index (χ3n) is 2.60. The molecule has 0 heterocycles. The summed E-state index contributed by atoms with van der Waals surface area (Å²) in [7, 11) is 1.48. The van der Waals surface area contributed by atoms with Crippen LogP contribution in [0.15, 0.2) is 41.3 Å². The summed E-state index contributed by atoms with van der Waals surface area (Å²) in [6.45, 7) is 0. The van der Waals surface area contributed by atoms with E-state index in [1.807, 2.05) is 0 Å². The zero-order chi connectivity index (χ0) is 13.8. The van der Waals surface area contributed by atoms with Crippen LogP contribution in [0, 0.1) is 11.6 Å². The van der Waals surface area contributed by atoms with Gasteiger partial charge in [0.05, 0.1) is 7.11 Å². The summed E-state index contributed by atoms with van der Waals surface area (Å²) in [5, 5.41) is 0. The van der Waals surface area contributed by atoms with E-state index in [9.17, 15) is 8.78 Å². The Kier molecular flexibility index (Phi) is 4.27. The molecule has 0 aromatic heterocycles. The van der Waals surface area contributed by atoms with Crippen LogP contribution in [0.1, 0.15) is 5.56 Å². The molecule has 0 bridgehead atoms. The second-order valence-corrected chi connectivity index (χ2v) is 4.95. The number of ether oxygens (including phenoxy) is 1. The molecular formula is C14H13F2NOS. The molecule has 100 valence electrons. The quantitative estimate of drug-likeness (QED) is 0.683. The standard InChI is InChI=1S/C14H13F2NOS/c1-18-11-4-2-9(12(15)7-11)8-19-14-5-3-10(17)6-13(14)16/h2-7H,8,17H2,1H3. The highest BCUT2D eigenvalue weighted by Crippen LogP contribution is 2.28. The van der Waals surface area contributed by atoms with Gasteiger partial charge in [-0.3, -0.25) is 0 Å². The predicted molar refractivity (Wildman–Crippen MR) is 73.3 cm³/mol. The van der Waals surface area contributed by atoms with Crippen LogP contribution in [0.3, 0.4) is 0 Å². The van der Waals surface area contributed by atoms with Crippen LogP contribution in [-0.2, 0) is 5.75 Å². The first kappa shape index (κ1) is 13.7. The monoisotopic (exact) mass is 281 g/mol. The van der Waals surface area contributed by atoms with Crippen molar-refractivity contribution < 1.29 is 13.5 Å². The molecule has 2 rings (SSSR count). The van der Waals surface area contributed by atoms with Gasteiger partial charge in [-0.05, 0) is 29.8 Å². The Morgan fingerprint density at radius 1 is 1.11 bits per heavy atom. The number of benzene rings is 2. The number of anilines is 1. The molecule has 0 atom stereocenters. The van der Waals surface area contributed by atoms with E-state index in [1.54, 1.807) is 24.3 Å². The number of hydrogen-bond acceptors (Lipinski definition) is 3. The molecule has 0 saturated heterocycles. The lowest BCUT2D eigenvalue weighted by molar-refractivity contribution is 0.411. The summed E-state index contributed by atoms with van der Waals surface area (Å²) in [6, 6.07) is 9.10. The molecule has 2 aromatic rings. The SMILES string of the molecule is COc1ccc(CSc2ccc(N)cc2F)c(F)c1. The fourth-order valence-electron chi connectivity index (χ4n) is 1.56. The van der Waals surface area contributed by atoms with Gasteiger partial charge in [0.2, 0.25) is 0 Å². The highest BCUT2D eigenvalue weighted by molar-refractivity contribution is 7.98. The molecule has 0 amide bonds. The molecule has 5 heteroatoms. The molecule has 0 aliphatic heterocycles. The Morgan fingerprint density at radius 2 is 1.89 bits per heavy atom. The van der Waals surface area contributed by atoms with Crippen molar-refractivity contribution in [1.82, 2.24) is 0 Å². The van der Waals surface area contributed by atoms with Crippen molar-refractivity contribution in [3.63, 3.8) is 0 Å². The molecule has 2 N–H and O–H groups in total. The zero-order valence-corrected chi connectivity index (χ0v) is 11.1. The normalized spacial score (nSPS) is 10.5. The van der Waals surface area contributed by atoms with Crippen LogP contribution in [0.2, 0.25) is 0 Å². The van der Waals surface area contributed by atoms with Crippen molar-refractivity contribution in [3.05, 3.63) is 53.6 Å². The van der Waals surface area contributed by atoms with Gasteiger partial charge in [0, 0.05) is 22.4 Å². The number of nitrogens with two attached hydrogens (primary N) is 1. The maximum Gasteiger partial charge on any atom is 0.138 e. The van der Waals surface area contributed by atoms with E-state index in [2.05, 4.69) is 0 Å². The van der Waals surface area contributed by atoms with Gasteiger partial charge in [-0.2, -0.15) is 0 Å². The third-order valence-corrected chi connectivity index (χ3v) is 3.70. The highest BCUT2D eigenvalue weighted by Gasteiger charge is 2.07. The van der Waals surface area contributed by atoms with Crippen molar-refractivity contribution in [3.8, 4) is 5.75 Å². The van der Waals surface area contributed by atoms with Crippen molar-refractivity contribution in [2.45, 2.75) is 10.6 Å². The minimum atomic E-state index is -0.390. The third kappa shape index (κ3) is 3.38. The maximum absolute atomic E-state index is 13.7. The Bertz CT molecular complexity index is 590. The lowest BCUT2D eigenvalue weighted by atomic mass is 10.2. The largest absolute Gasteiger partial charge is 0.497 e. The van der Waals surface area contributed by atoms with Crippen LogP contribution in [0.4, 0.5) is 14.5 Å². The van der Waals surface area contributed by atoms with Crippen LogP contribution >= 0.6 is 11.8 Å². The molecule has 0 radical (unpaired) electrons. The molecule has 0 aliphatic carbocycles. The van der Waals surface area contributed by atoms with E-state index in [1.165, 1.54) is 31.0 Å². The Hall–Kier alpha value is -1.75. The van der Waals surface area contributed by atoms with Crippen LogP contribution < -0.4 is 10.5 Å². The first-order valence-corrected chi connectivity index (χ1v) is 6.59. The lowest BCUT2D eigenvalue weighted by Gasteiger charge is -2.07. The molecule has 2 nitrogen and oxygen atoms in total. The van der Waals surface area contributed by atoms with Gasteiger partial charge in [-0.1, -0.05) is 6.07 Å². The average Bonchev–Trinajstić information content (AvgIpc) is 2.39.